The van der Waals surface area contributed by atoms with E-state index < -0.39 is 45.7 Å². The highest BCUT2D eigenvalue weighted by Crippen LogP contribution is 2.37. The molecule has 1 unspecified atom stereocenters. The molecule has 4 aromatic rings. The van der Waals surface area contributed by atoms with Crippen LogP contribution in [0.1, 0.15) is 16.9 Å². The first kappa shape index (κ1) is 30.4. The van der Waals surface area contributed by atoms with Gasteiger partial charge in [-0.1, -0.05) is 52.5 Å². The molecule has 5 rings (SSSR count). The van der Waals surface area contributed by atoms with Crippen molar-refractivity contribution < 1.29 is 30.0 Å². The fraction of sp³-hybridized carbons (Fsp3) is 0.0833. The standard InChI is InChI=1S/C24H18Cl3N5O7S3/c1-11-3-5-14(6-4-11)41(35,36)32-30-21-12(2)22(39-23-15(21)7-13(25)8-17(23)27)24-29-18-9-16(26)19(40(28,33)34)10-20(18)42(37,38)31-24/h3-10,32H,1-2H3,(H2,28,33,34)(H,29,31,37,38)/b30-21-. The summed E-state index contributed by atoms with van der Waals surface area (Å²) in [6.07, 6.45) is 0. The molecule has 42 heavy (non-hydrogen) atoms. The first-order valence-corrected chi connectivity index (χ1v) is 17.1. The molecule has 2 heterocycles. The van der Waals surface area contributed by atoms with Crippen molar-refractivity contribution in [3.8, 4) is 0 Å². The monoisotopic (exact) mass is 689 g/mol. The summed E-state index contributed by atoms with van der Waals surface area (Å²) in [5, 5.41) is 9.37. The van der Waals surface area contributed by atoms with Crippen LogP contribution in [0.4, 0.5) is 5.69 Å². The van der Waals surface area contributed by atoms with Crippen molar-refractivity contribution in [1.29, 1.82) is 0 Å². The molecule has 0 fully saturated rings. The van der Waals surface area contributed by atoms with Gasteiger partial charge in [-0.15, -0.1) is 4.36 Å². The molecule has 3 aromatic carbocycles. The van der Waals surface area contributed by atoms with Crippen molar-refractivity contribution in [1.82, 2.24) is 4.83 Å². The molecule has 0 saturated carbocycles. The zero-order chi connectivity index (χ0) is 30.8. The molecule has 4 N–H and O–H groups in total. The molecule has 0 bridgehead atoms. The van der Waals surface area contributed by atoms with Crippen molar-refractivity contribution in [2.45, 2.75) is 28.5 Å². The van der Waals surface area contributed by atoms with E-state index in [2.05, 4.69) is 19.3 Å². The van der Waals surface area contributed by atoms with E-state index in [1.807, 2.05) is 0 Å². The van der Waals surface area contributed by atoms with E-state index in [4.69, 9.17) is 44.4 Å². The van der Waals surface area contributed by atoms with Gasteiger partial charge in [-0.25, -0.2) is 22.8 Å². The molecule has 0 saturated heterocycles. The van der Waals surface area contributed by atoms with Crippen LogP contribution in [0.25, 0.3) is 11.0 Å². The first-order chi connectivity index (χ1) is 19.5. The number of nitrogens with two attached hydrogens (primary N) is 1. The molecule has 1 aliphatic heterocycles. The second-order valence-electron chi connectivity index (χ2n) is 9.01. The fourth-order valence-corrected chi connectivity index (χ4v) is 7.61. The number of nitrogens with zero attached hydrogens (tertiary/aromatic N) is 3. The maximum Gasteiger partial charge on any atom is 0.276 e. The van der Waals surface area contributed by atoms with Gasteiger partial charge in [-0.2, -0.15) is 18.4 Å². The molecule has 1 aromatic heterocycles. The molecular weight excluding hydrogens is 673 g/mol. The van der Waals surface area contributed by atoms with E-state index in [1.54, 1.807) is 19.1 Å². The van der Waals surface area contributed by atoms with E-state index in [-0.39, 0.29) is 53.3 Å². The number of primary sulfonamides is 1. The third-order valence-corrected chi connectivity index (χ3v) is 10.4. The Kier molecular flexibility index (Phi) is 7.69. The first-order valence-electron chi connectivity index (χ1n) is 11.5. The number of amidine groups is 1. The van der Waals surface area contributed by atoms with Crippen molar-refractivity contribution in [3.63, 3.8) is 0 Å². The SMILES string of the molecule is Cc1ccc(S(=O)(=O)N/N=c2/c(C)c(C3=Nc4cc(Cl)c(S(N)(=O)=O)cc4S(=O)(O)=N3)oc3c(Cl)cc(Cl)cc23)cc1. The zero-order valence-corrected chi connectivity index (χ0v) is 26.0. The van der Waals surface area contributed by atoms with E-state index in [0.29, 0.717) is 0 Å². The second kappa shape index (κ2) is 10.6. The summed E-state index contributed by atoms with van der Waals surface area (Å²) in [5.41, 5.74) is 0.805. The lowest BCUT2D eigenvalue weighted by atomic mass is 10.1. The molecule has 18 heteroatoms. The molecule has 0 radical (unpaired) electrons. The minimum atomic E-state index is -4.34. The smallest absolute Gasteiger partial charge is 0.276 e. The summed E-state index contributed by atoms with van der Waals surface area (Å²) in [4.78, 5) is 5.36. The van der Waals surface area contributed by atoms with Gasteiger partial charge in [0.15, 0.2) is 21.4 Å². The maximum absolute atomic E-state index is 13.2. The van der Waals surface area contributed by atoms with Crippen molar-refractivity contribution >= 4 is 87.4 Å². The summed E-state index contributed by atoms with van der Waals surface area (Å²) < 4.78 is 83.5. The average molecular weight is 691 g/mol. The quantitative estimate of drug-likeness (QED) is 0.249. The normalized spacial score (nSPS) is 17.5. The third kappa shape index (κ3) is 5.66. The molecule has 0 spiro atoms. The number of hydrogen-bond acceptors (Lipinski definition) is 9. The van der Waals surface area contributed by atoms with Gasteiger partial charge in [0.25, 0.3) is 10.0 Å². The van der Waals surface area contributed by atoms with Gasteiger partial charge in [-0.05, 0) is 50.2 Å². The summed E-state index contributed by atoms with van der Waals surface area (Å²) in [5.74, 6) is -0.600. The Morgan fingerprint density at radius 3 is 2.31 bits per heavy atom. The fourth-order valence-electron chi connectivity index (χ4n) is 4.00. The van der Waals surface area contributed by atoms with Crippen LogP contribution in [0.3, 0.4) is 0 Å². The molecule has 0 aliphatic carbocycles. The molecule has 1 aliphatic rings. The number of sulfonamides is 2. The lowest BCUT2D eigenvalue weighted by Gasteiger charge is -2.17. The topological polar surface area (TPSA) is 194 Å². The van der Waals surface area contributed by atoms with Crippen molar-refractivity contribution in [2.75, 3.05) is 0 Å². The number of hydrogen-bond donors (Lipinski definition) is 3. The number of aliphatic imine (C=N–C) groups is 1. The van der Waals surface area contributed by atoms with E-state index in [1.165, 1.54) is 31.2 Å². The van der Waals surface area contributed by atoms with Crippen LogP contribution >= 0.6 is 34.8 Å². The number of fused-ring (bicyclic) bond motifs is 2. The average Bonchev–Trinajstić information content (AvgIpc) is 2.86. The second-order valence-corrected chi connectivity index (χ2v) is 15.1. The highest BCUT2D eigenvalue weighted by molar-refractivity contribution is 7.90. The van der Waals surface area contributed by atoms with E-state index in [9.17, 15) is 25.6 Å². The molecule has 12 nitrogen and oxygen atoms in total. The number of benzene rings is 3. The Labute approximate surface area is 254 Å². The predicted molar refractivity (Wildman–Crippen MR) is 159 cm³/mol. The Balaban J connectivity index is 1.77. The van der Waals surface area contributed by atoms with Gasteiger partial charge in [-0.3, -0.25) is 4.55 Å². The van der Waals surface area contributed by atoms with Crippen molar-refractivity contribution in [3.05, 3.63) is 85.8 Å². The summed E-state index contributed by atoms with van der Waals surface area (Å²) in [7, 11) is -12.8. The van der Waals surface area contributed by atoms with E-state index >= 15 is 0 Å². The summed E-state index contributed by atoms with van der Waals surface area (Å²) >= 11 is 18.7. The lowest BCUT2D eigenvalue weighted by Crippen LogP contribution is -2.24. The maximum atomic E-state index is 13.2. The van der Waals surface area contributed by atoms with Gasteiger partial charge in [0.1, 0.15) is 15.1 Å². The van der Waals surface area contributed by atoms with Gasteiger partial charge >= 0.3 is 0 Å². The minimum absolute atomic E-state index is 0.00192. The Hall–Kier alpha value is -3.02. The summed E-state index contributed by atoms with van der Waals surface area (Å²) in [6.45, 7) is 3.29. The van der Waals surface area contributed by atoms with Crippen LogP contribution in [0.5, 0.6) is 0 Å². The Morgan fingerprint density at radius 1 is 1.00 bits per heavy atom. The minimum Gasteiger partial charge on any atom is -0.451 e. The number of aryl methyl sites for hydroxylation is 1. The number of rotatable bonds is 5. The van der Waals surface area contributed by atoms with Gasteiger partial charge < -0.3 is 4.42 Å². The van der Waals surface area contributed by atoms with Crippen LogP contribution in [-0.2, 0) is 30.1 Å². The van der Waals surface area contributed by atoms with Crippen molar-refractivity contribution in [2.24, 2.45) is 19.6 Å². The zero-order valence-electron chi connectivity index (χ0n) is 21.3. The largest absolute Gasteiger partial charge is 0.451 e. The van der Waals surface area contributed by atoms with Crippen LogP contribution in [-0.4, -0.2) is 31.4 Å². The number of halogens is 3. The van der Waals surface area contributed by atoms with Crippen LogP contribution in [0.15, 0.2) is 82.1 Å². The molecule has 220 valence electrons. The van der Waals surface area contributed by atoms with Gasteiger partial charge in [0.2, 0.25) is 15.9 Å². The van der Waals surface area contributed by atoms with Gasteiger partial charge in [0.05, 0.1) is 20.6 Å². The number of nitrogens with one attached hydrogen (secondary N) is 1. The molecular formula is C24H18Cl3N5O7S3. The third-order valence-electron chi connectivity index (χ3n) is 6.02. The van der Waals surface area contributed by atoms with E-state index in [0.717, 1.165) is 17.7 Å². The molecule has 0 amide bonds. The summed E-state index contributed by atoms with van der Waals surface area (Å²) in [6, 6.07) is 10.8. The highest BCUT2D eigenvalue weighted by atomic mass is 35.5. The highest BCUT2D eigenvalue weighted by Gasteiger charge is 2.29. The molecule has 1 atom stereocenters. The lowest BCUT2D eigenvalue weighted by molar-refractivity contribution is 0.550. The Bertz CT molecular complexity index is 2280. The predicted octanol–water partition coefficient (Wildman–Crippen LogP) is 4.84. The Morgan fingerprint density at radius 2 is 1.67 bits per heavy atom. The van der Waals surface area contributed by atoms with Crippen LogP contribution in [0.2, 0.25) is 15.1 Å². The van der Waals surface area contributed by atoms with Gasteiger partial charge in [0, 0.05) is 16.0 Å². The van der Waals surface area contributed by atoms with Crippen LogP contribution in [0, 0.1) is 13.8 Å². The van der Waals surface area contributed by atoms with Crippen LogP contribution < -0.4 is 15.3 Å².